The molecular weight excluding hydrogens is 160 g/mol. The van der Waals surface area contributed by atoms with Crippen LogP contribution in [0.25, 0.3) is 6.08 Å². The predicted octanol–water partition coefficient (Wildman–Crippen LogP) is 2.55. The highest BCUT2D eigenvalue weighted by Gasteiger charge is 1.94. The van der Waals surface area contributed by atoms with E-state index in [1.54, 1.807) is 18.5 Å². The molecule has 0 fully saturated rings. The van der Waals surface area contributed by atoms with E-state index < -0.39 is 0 Å². The lowest BCUT2D eigenvalue weighted by atomic mass is 10.1. The fourth-order valence-corrected chi connectivity index (χ4v) is 0.935. The molecule has 0 unspecified atom stereocenters. The quantitative estimate of drug-likeness (QED) is 0.646. The van der Waals surface area contributed by atoms with Gasteiger partial charge in [0.2, 0.25) is 0 Å². The van der Waals surface area contributed by atoms with Crippen LogP contribution in [0.5, 0.6) is 0 Å². The minimum Gasteiger partial charge on any atom is -0.290 e. The maximum absolute atomic E-state index is 4.30. The molecule has 1 aromatic heterocycles. The van der Waals surface area contributed by atoms with E-state index in [0.29, 0.717) is 6.04 Å². The van der Waals surface area contributed by atoms with Gasteiger partial charge in [0.1, 0.15) is 0 Å². The van der Waals surface area contributed by atoms with Crippen molar-refractivity contribution in [2.45, 2.75) is 19.9 Å². The van der Waals surface area contributed by atoms with Crippen molar-refractivity contribution in [1.82, 2.24) is 4.98 Å². The van der Waals surface area contributed by atoms with Gasteiger partial charge in [-0.05, 0) is 19.9 Å². The number of hydrogen-bond donors (Lipinski definition) is 0. The monoisotopic (exact) mass is 174 g/mol. The maximum Gasteiger partial charge on any atom is 0.0443 e. The summed E-state index contributed by atoms with van der Waals surface area (Å²) in [6.07, 6.45) is 7.20. The lowest BCUT2D eigenvalue weighted by molar-refractivity contribution is 0.841. The minimum atomic E-state index is 0.325. The second-order valence-corrected chi connectivity index (χ2v) is 3.08. The summed E-state index contributed by atoms with van der Waals surface area (Å²) in [6, 6.07) is 2.26. The Morgan fingerprint density at radius 2 is 2.23 bits per heavy atom. The third-order valence-corrected chi connectivity index (χ3v) is 1.62. The van der Waals surface area contributed by atoms with Gasteiger partial charge >= 0.3 is 0 Å². The maximum atomic E-state index is 4.30. The normalized spacial score (nSPS) is 11.0. The van der Waals surface area contributed by atoms with Gasteiger partial charge in [-0.15, -0.1) is 0 Å². The Morgan fingerprint density at radius 1 is 1.46 bits per heavy atom. The first-order valence-electron chi connectivity index (χ1n) is 4.33. The van der Waals surface area contributed by atoms with Gasteiger partial charge in [-0.25, -0.2) is 0 Å². The Labute approximate surface area is 79.0 Å². The van der Waals surface area contributed by atoms with Crippen molar-refractivity contribution in [3.8, 4) is 0 Å². The highest BCUT2D eigenvalue weighted by molar-refractivity contribution is 5.84. The Hall–Kier alpha value is -1.44. The van der Waals surface area contributed by atoms with Gasteiger partial charge in [0.05, 0.1) is 0 Å². The number of aliphatic imine (C=N–C) groups is 1. The molecule has 0 amide bonds. The number of aromatic nitrogens is 1. The van der Waals surface area contributed by atoms with Crippen molar-refractivity contribution in [2.24, 2.45) is 4.99 Å². The van der Waals surface area contributed by atoms with Crippen molar-refractivity contribution < 1.29 is 0 Å². The van der Waals surface area contributed by atoms with Gasteiger partial charge in [0.15, 0.2) is 0 Å². The Bertz CT molecular complexity index is 314. The second kappa shape index (κ2) is 4.55. The molecule has 0 aliphatic rings. The smallest absolute Gasteiger partial charge is 0.0443 e. The van der Waals surface area contributed by atoms with E-state index in [1.807, 2.05) is 26.1 Å². The van der Waals surface area contributed by atoms with Crippen LogP contribution in [0.2, 0.25) is 0 Å². The van der Waals surface area contributed by atoms with Gasteiger partial charge in [0.25, 0.3) is 0 Å². The zero-order valence-corrected chi connectivity index (χ0v) is 8.07. The Balaban J connectivity index is 2.93. The summed E-state index contributed by atoms with van der Waals surface area (Å²) in [5.74, 6) is 0. The van der Waals surface area contributed by atoms with Gasteiger partial charge in [-0.2, -0.15) is 0 Å². The molecule has 0 N–H and O–H groups in total. The molecule has 1 rings (SSSR count). The lowest BCUT2D eigenvalue weighted by Gasteiger charge is -1.99. The van der Waals surface area contributed by atoms with E-state index in [0.717, 1.165) is 11.1 Å². The fourth-order valence-electron chi connectivity index (χ4n) is 0.935. The molecule has 2 heteroatoms. The number of nitrogens with zero attached hydrogens (tertiary/aromatic N) is 2. The molecule has 2 nitrogen and oxygen atoms in total. The number of rotatable bonds is 3. The highest BCUT2D eigenvalue weighted by atomic mass is 14.7. The summed E-state index contributed by atoms with van der Waals surface area (Å²) in [5.41, 5.74) is 2.09. The van der Waals surface area contributed by atoms with Crippen molar-refractivity contribution in [1.29, 1.82) is 0 Å². The molecule has 1 heterocycles. The fraction of sp³-hybridized carbons (Fsp3) is 0.273. The van der Waals surface area contributed by atoms with Crippen LogP contribution in [0.1, 0.15) is 25.0 Å². The summed E-state index contributed by atoms with van der Waals surface area (Å²) < 4.78 is 0. The zero-order chi connectivity index (χ0) is 9.68. The first kappa shape index (κ1) is 9.65. The average Bonchev–Trinajstić information content (AvgIpc) is 2.15. The molecule has 0 bridgehead atoms. The van der Waals surface area contributed by atoms with Crippen LogP contribution in [0.3, 0.4) is 0 Å². The first-order chi connectivity index (χ1) is 6.24. The molecule has 0 aliphatic carbocycles. The van der Waals surface area contributed by atoms with Crippen LogP contribution < -0.4 is 0 Å². The highest BCUT2D eigenvalue weighted by Crippen LogP contribution is 2.05. The van der Waals surface area contributed by atoms with E-state index in [2.05, 4.69) is 16.6 Å². The molecule has 0 saturated heterocycles. The molecular formula is C11H14N2. The molecule has 0 atom stereocenters. The standard InChI is InChI=1S/C11H14N2/c1-4-10-7-12-6-5-11(10)8-13-9(2)3/h4-9H,1H2,2-3H3. The third-order valence-electron chi connectivity index (χ3n) is 1.62. The van der Waals surface area contributed by atoms with Crippen LogP contribution in [-0.4, -0.2) is 17.2 Å². The van der Waals surface area contributed by atoms with E-state index >= 15 is 0 Å². The van der Waals surface area contributed by atoms with E-state index in [9.17, 15) is 0 Å². The van der Waals surface area contributed by atoms with Gasteiger partial charge in [-0.3, -0.25) is 9.98 Å². The van der Waals surface area contributed by atoms with Gasteiger partial charge in [-0.1, -0.05) is 12.7 Å². The summed E-state index contributed by atoms with van der Waals surface area (Å²) in [7, 11) is 0. The van der Waals surface area contributed by atoms with E-state index in [1.165, 1.54) is 0 Å². The molecule has 1 aromatic rings. The van der Waals surface area contributed by atoms with Crippen LogP contribution in [0.15, 0.2) is 30.0 Å². The number of hydrogen-bond acceptors (Lipinski definition) is 2. The van der Waals surface area contributed by atoms with Crippen molar-refractivity contribution in [2.75, 3.05) is 0 Å². The van der Waals surface area contributed by atoms with Gasteiger partial charge in [0, 0.05) is 35.8 Å². The molecule has 13 heavy (non-hydrogen) atoms. The molecule has 0 aromatic carbocycles. The second-order valence-electron chi connectivity index (χ2n) is 3.08. The van der Waals surface area contributed by atoms with Crippen molar-refractivity contribution in [3.05, 3.63) is 36.2 Å². The van der Waals surface area contributed by atoms with E-state index in [4.69, 9.17) is 0 Å². The van der Waals surface area contributed by atoms with Crippen LogP contribution in [0, 0.1) is 0 Å². The summed E-state index contributed by atoms with van der Waals surface area (Å²) in [6.45, 7) is 7.81. The lowest BCUT2D eigenvalue weighted by Crippen LogP contribution is -1.93. The Kier molecular flexibility index (Phi) is 3.38. The average molecular weight is 174 g/mol. The van der Waals surface area contributed by atoms with Crippen molar-refractivity contribution in [3.63, 3.8) is 0 Å². The zero-order valence-electron chi connectivity index (χ0n) is 8.07. The van der Waals surface area contributed by atoms with Crippen molar-refractivity contribution >= 4 is 12.3 Å². The van der Waals surface area contributed by atoms with E-state index in [-0.39, 0.29) is 0 Å². The Morgan fingerprint density at radius 3 is 2.85 bits per heavy atom. The van der Waals surface area contributed by atoms with Crippen LogP contribution in [0.4, 0.5) is 0 Å². The molecule has 0 aliphatic heterocycles. The molecule has 0 saturated carbocycles. The van der Waals surface area contributed by atoms with Gasteiger partial charge < -0.3 is 0 Å². The summed E-state index contributed by atoms with van der Waals surface area (Å²) >= 11 is 0. The molecule has 68 valence electrons. The number of pyridine rings is 1. The predicted molar refractivity (Wildman–Crippen MR) is 57.1 cm³/mol. The topological polar surface area (TPSA) is 25.2 Å². The largest absolute Gasteiger partial charge is 0.290 e. The molecule has 0 radical (unpaired) electrons. The third kappa shape index (κ3) is 2.82. The SMILES string of the molecule is C=Cc1cnccc1C=NC(C)C. The van der Waals surface area contributed by atoms with Crippen LogP contribution >= 0.6 is 0 Å². The van der Waals surface area contributed by atoms with Crippen LogP contribution in [-0.2, 0) is 0 Å². The summed E-state index contributed by atoms with van der Waals surface area (Å²) in [4.78, 5) is 8.31. The minimum absolute atomic E-state index is 0.325. The summed E-state index contributed by atoms with van der Waals surface area (Å²) in [5, 5.41) is 0. The molecule has 0 spiro atoms. The first-order valence-corrected chi connectivity index (χ1v) is 4.33.